The van der Waals surface area contributed by atoms with Gasteiger partial charge < -0.3 is 19.1 Å². The fourth-order valence-corrected chi connectivity index (χ4v) is 4.90. The first-order chi connectivity index (χ1) is 18.7. The summed E-state index contributed by atoms with van der Waals surface area (Å²) in [5, 5.41) is 7.56. The first-order valence-electron chi connectivity index (χ1n) is 13.1. The number of ether oxygens (including phenoxy) is 1. The summed E-state index contributed by atoms with van der Waals surface area (Å²) >= 11 is 0. The molecule has 0 saturated carbocycles. The molecule has 3 aromatic carbocycles. The lowest BCUT2D eigenvalue weighted by Gasteiger charge is -2.35. The second-order valence-electron chi connectivity index (χ2n) is 9.46. The van der Waals surface area contributed by atoms with Crippen molar-refractivity contribution in [2.75, 3.05) is 37.7 Å². The first kappa shape index (κ1) is 23.9. The fraction of sp³-hybridized carbons (Fsp3) is 0.267. The van der Waals surface area contributed by atoms with Crippen molar-refractivity contribution in [3.63, 3.8) is 0 Å². The molecule has 1 amide bonds. The van der Waals surface area contributed by atoms with E-state index in [1.807, 2.05) is 47.4 Å². The van der Waals surface area contributed by atoms with Crippen LogP contribution in [0.4, 0.5) is 5.82 Å². The summed E-state index contributed by atoms with van der Waals surface area (Å²) in [6, 6.07) is 24.0. The number of rotatable bonds is 7. The van der Waals surface area contributed by atoms with Crippen LogP contribution in [0.5, 0.6) is 5.75 Å². The third-order valence-electron chi connectivity index (χ3n) is 6.90. The first-order valence-corrected chi connectivity index (χ1v) is 13.1. The molecule has 1 fully saturated rings. The van der Waals surface area contributed by atoms with Gasteiger partial charge in [0, 0.05) is 38.2 Å². The monoisotopic (exact) mass is 507 g/mol. The van der Waals surface area contributed by atoms with Crippen molar-refractivity contribution in [3.8, 4) is 17.0 Å². The van der Waals surface area contributed by atoms with Gasteiger partial charge >= 0.3 is 0 Å². The average molecular weight is 508 g/mol. The molecular weight excluding hydrogens is 478 g/mol. The number of anilines is 1. The van der Waals surface area contributed by atoms with Crippen LogP contribution < -0.4 is 9.64 Å². The topological polar surface area (TPSA) is 84.6 Å². The second-order valence-corrected chi connectivity index (χ2v) is 9.46. The number of aromatic nitrogens is 3. The van der Waals surface area contributed by atoms with Gasteiger partial charge in [0.2, 0.25) is 0 Å². The number of hydrogen-bond donors (Lipinski definition) is 0. The largest absolute Gasteiger partial charge is 0.484 e. The molecule has 0 unspecified atom stereocenters. The number of fused-ring (bicyclic) bond motifs is 2. The molecule has 0 spiro atoms. The minimum Gasteiger partial charge on any atom is -0.484 e. The lowest BCUT2D eigenvalue weighted by molar-refractivity contribution is -0.133. The number of amides is 1. The molecule has 1 saturated heterocycles. The Bertz CT molecular complexity index is 1580. The Labute approximate surface area is 220 Å². The van der Waals surface area contributed by atoms with Crippen LogP contribution in [0.3, 0.4) is 0 Å². The normalized spacial score (nSPS) is 13.8. The maximum atomic E-state index is 12.8. The third-order valence-corrected chi connectivity index (χ3v) is 6.90. The van der Waals surface area contributed by atoms with Crippen molar-refractivity contribution >= 4 is 33.6 Å². The highest BCUT2D eigenvalue weighted by molar-refractivity contribution is 6.00. The SMILES string of the molecule is CCCc1nc(N2CCN(C(=O)COc3ccccc3)CC2)c2c(-c3ccc4ccccc4c3)noc2n1. The molecule has 3 heterocycles. The predicted octanol–water partition coefficient (Wildman–Crippen LogP) is 5.12. The smallest absolute Gasteiger partial charge is 0.263 e. The molecule has 38 heavy (non-hydrogen) atoms. The molecule has 0 aliphatic carbocycles. The van der Waals surface area contributed by atoms with Crippen molar-refractivity contribution in [2.45, 2.75) is 19.8 Å². The number of para-hydroxylation sites is 1. The highest BCUT2D eigenvalue weighted by Crippen LogP contribution is 2.35. The molecule has 0 bridgehead atoms. The van der Waals surface area contributed by atoms with Gasteiger partial charge in [0.15, 0.2) is 6.61 Å². The second kappa shape index (κ2) is 10.5. The number of hydrogen-bond acceptors (Lipinski definition) is 7. The highest BCUT2D eigenvalue weighted by atomic mass is 16.5. The molecule has 8 heteroatoms. The molecular formula is C30H29N5O3. The summed E-state index contributed by atoms with van der Waals surface area (Å²) in [5.41, 5.74) is 2.19. The summed E-state index contributed by atoms with van der Waals surface area (Å²) < 4.78 is 11.4. The molecule has 192 valence electrons. The van der Waals surface area contributed by atoms with Crippen LogP contribution in [0.1, 0.15) is 19.2 Å². The van der Waals surface area contributed by atoms with E-state index in [0.717, 1.165) is 46.5 Å². The minimum atomic E-state index is -0.0187. The lowest BCUT2D eigenvalue weighted by atomic mass is 10.0. The minimum absolute atomic E-state index is 0.0187. The molecule has 0 atom stereocenters. The number of aryl methyl sites for hydroxylation is 1. The van der Waals surface area contributed by atoms with E-state index in [1.54, 1.807) is 0 Å². The Morgan fingerprint density at radius 2 is 1.68 bits per heavy atom. The van der Waals surface area contributed by atoms with Gasteiger partial charge in [-0.1, -0.05) is 66.7 Å². The van der Waals surface area contributed by atoms with Crippen molar-refractivity contribution in [1.82, 2.24) is 20.0 Å². The summed E-state index contributed by atoms with van der Waals surface area (Å²) in [6.07, 6.45) is 1.69. The van der Waals surface area contributed by atoms with E-state index in [4.69, 9.17) is 14.2 Å². The van der Waals surface area contributed by atoms with Crippen LogP contribution in [0.25, 0.3) is 33.1 Å². The fourth-order valence-electron chi connectivity index (χ4n) is 4.90. The Hall–Kier alpha value is -4.46. The van der Waals surface area contributed by atoms with Crippen molar-refractivity contribution in [3.05, 3.63) is 78.6 Å². The molecule has 2 aromatic heterocycles. The van der Waals surface area contributed by atoms with Gasteiger partial charge in [0.1, 0.15) is 28.5 Å². The van der Waals surface area contributed by atoms with Crippen molar-refractivity contribution in [1.29, 1.82) is 0 Å². The zero-order chi connectivity index (χ0) is 25.9. The van der Waals surface area contributed by atoms with Crippen molar-refractivity contribution in [2.24, 2.45) is 0 Å². The van der Waals surface area contributed by atoms with Crippen LogP contribution in [-0.4, -0.2) is 58.7 Å². The van der Waals surface area contributed by atoms with E-state index in [9.17, 15) is 4.79 Å². The summed E-state index contributed by atoms with van der Waals surface area (Å²) in [7, 11) is 0. The Balaban J connectivity index is 1.26. The zero-order valence-electron chi connectivity index (χ0n) is 21.3. The average Bonchev–Trinajstić information content (AvgIpc) is 3.40. The van der Waals surface area contributed by atoms with Gasteiger partial charge in [-0.25, -0.2) is 4.98 Å². The molecule has 1 aliphatic rings. The van der Waals surface area contributed by atoms with Crippen LogP contribution >= 0.6 is 0 Å². The van der Waals surface area contributed by atoms with Crippen LogP contribution in [0.15, 0.2) is 77.3 Å². The van der Waals surface area contributed by atoms with Crippen LogP contribution in [0.2, 0.25) is 0 Å². The van der Waals surface area contributed by atoms with E-state index in [1.165, 1.54) is 5.39 Å². The van der Waals surface area contributed by atoms with Gasteiger partial charge in [0.25, 0.3) is 11.6 Å². The van der Waals surface area contributed by atoms with Gasteiger partial charge in [-0.15, -0.1) is 0 Å². The molecule has 0 radical (unpaired) electrons. The Morgan fingerprint density at radius 1 is 0.921 bits per heavy atom. The van der Waals surface area contributed by atoms with Gasteiger partial charge in [-0.2, -0.15) is 4.98 Å². The number of piperazine rings is 1. The number of nitrogens with zero attached hydrogens (tertiary/aromatic N) is 5. The number of carbonyl (C=O) groups is 1. The van der Waals surface area contributed by atoms with Gasteiger partial charge in [0.05, 0.1) is 0 Å². The van der Waals surface area contributed by atoms with Crippen LogP contribution in [0, 0.1) is 0 Å². The lowest BCUT2D eigenvalue weighted by Crippen LogP contribution is -2.50. The van der Waals surface area contributed by atoms with E-state index < -0.39 is 0 Å². The molecule has 8 nitrogen and oxygen atoms in total. The van der Waals surface area contributed by atoms with E-state index in [-0.39, 0.29) is 12.5 Å². The quantitative estimate of drug-likeness (QED) is 0.302. The van der Waals surface area contributed by atoms with E-state index in [2.05, 4.69) is 52.3 Å². The van der Waals surface area contributed by atoms with Gasteiger partial charge in [-0.05, 0) is 35.4 Å². The number of carbonyl (C=O) groups excluding carboxylic acids is 1. The Kier molecular flexibility index (Phi) is 6.60. The maximum absolute atomic E-state index is 12.8. The van der Waals surface area contributed by atoms with Crippen LogP contribution in [-0.2, 0) is 11.2 Å². The highest BCUT2D eigenvalue weighted by Gasteiger charge is 2.27. The summed E-state index contributed by atoms with van der Waals surface area (Å²) in [4.78, 5) is 26.5. The maximum Gasteiger partial charge on any atom is 0.263 e. The van der Waals surface area contributed by atoms with E-state index >= 15 is 0 Å². The van der Waals surface area contributed by atoms with Gasteiger partial charge in [-0.3, -0.25) is 4.79 Å². The molecule has 6 rings (SSSR count). The Morgan fingerprint density at radius 3 is 2.47 bits per heavy atom. The zero-order valence-corrected chi connectivity index (χ0v) is 21.3. The van der Waals surface area contributed by atoms with E-state index in [0.29, 0.717) is 37.6 Å². The summed E-state index contributed by atoms with van der Waals surface area (Å²) in [5.74, 6) is 2.23. The molecule has 0 N–H and O–H groups in total. The van der Waals surface area contributed by atoms with Crippen molar-refractivity contribution < 1.29 is 14.1 Å². The third kappa shape index (κ3) is 4.77. The standard InChI is InChI=1S/C30H29N5O3/c1-2-8-25-31-29(35-17-15-34(16-18-35)26(36)20-37-24-11-4-3-5-12-24)27-28(33-38-30(27)32-25)23-14-13-21-9-6-7-10-22(21)19-23/h3-7,9-14,19H,2,8,15-18,20H2,1H3. The molecule has 1 aliphatic heterocycles. The predicted molar refractivity (Wildman–Crippen MR) is 147 cm³/mol. The summed E-state index contributed by atoms with van der Waals surface area (Å²) in [6.45, 7) is 4.61. The number of benzene rings is 3. The molecule has 5 aromatic rings.